The highest BCUT2D eigenvalue weighted by molar-refractivity contribution is 6.06. The molecule has 1 aliphatic rings. The van der Waals surface area contributed by atoms with Gasteiger partial charge in [-0.05, 0) is 18.6 Å². The van der Waals surface area contributed by atoms with Crippen molar-refractivity contribution < 1.29 is 14.1 Å². The minimum Gasteiger partial charge on any atom is -0.486 e. The Bertz CT molecular complexity index is 660. The molecule has 2 heterocycles. The van der Waals surface area contributed by atoms with Crippen molar-refractivity contribution in [3.8, 4) is 5.75 Å². The fraction of sp³-hybridized carbons (Fsp3) is 0.308. The largest absolute Gasteiger partial charge is 0.486 e. The second-order valence-electron chi connectivity index (χ2n) is 4.20. The number of ether oxygens (including phenoxy) is 1. The van der Waals surface area contributed by atoms with E-state index in [1.807, 2.05) is 6.92 Å². The Morgan fingerprint density at radius 3 is 3.21 bits per heavy atom. The molecule has 1 aromatic heterocycles. The first-order chi connectivity index (χ1) is 9.31. The first kappa shape index (κ1) is 11.7. The predicted octanol–water partition coefficient (Wildman–Crippen LogP) is 2.06. The molecule has 19 heavy (non-hydrogen) atoms. The van der Waals surface area contributed by atoms with Gasteiger partial charge in [0, 0.05) is 12.8 Å². The van der Waals surface area contributed by atoms with Gasteiger partial charge in [-0.1, -0.05) is 12.1 Å². The normalized spacial score (nSPS) is 13.1. The van der Waals surface area contributed by atoms with Crippen molar-refractivity contribution in [2.24, 2.45) is 4.99 Å². The molecule has 0 radical (unpaired) electrons. The fourth-order valence-corrected chi connectivity index (χ4v) is 1.99. The third-order valence-corrected chi connectivity index (χ3v) is 2.87. The van der Waals surface area contributed by atoms with E-state index < -0.39 is 0 Å². The molecule has 1 aliphatic heterocycles. The van der Waals surface area contributed by atoms with Gasteiger partial charge in [0.1, 0.15) is 17.7 Å². The van der Waals surface area contributed by atoms with E-state index in [0.29, 0.717) is 41.3 Å². The third-order valence-electron chi connectivity index (χ3n) is 2.87. The van der Waals surface area contributed by atoms with Crippen molar-refractivity contribution in [2.45, 2.75) is 13.3 Å². The molecule has 0 fully saturated rings. The van der Waals surface area contributed by atoms with Gasteiger partial charge in [0.15, 0.2) is 5.58 Å². The number of aliphatic imine (C=N–C) groups is 1. The lowest BCUT2D eigenvalue weighted by Gasteiger charge is -2.09. The van der Waals surface area contributed by atoms with E-state index in [0.717, 1.165) is 6.42 Å². The Morgan fingerprint density at radius 1 is 1.47 bits per heavy atom. The average molecular weight is 259 g/mol. The average Bonchev–Trinajstić information content (AvgIpc) is 2.71. The molecule has 1 aromatic carbocycles. The lowest BCUT2D eigenvalue weighted by atomic mass is 10.1. The quantitative estimate of drug-likeness (QED) is 0.915. The molecule has 0 saturated carbocycles. The van der Waals surface area contributed by atoms with E-state index in [2.05, 4.69) is 15.5 Å². The highest BCUT2D eigenvalue weighted by Gasteiger charge is 2.22. The Kier molecular flexibility index (Phi) is 2.91. The van der Waals surface area contributed by atoms with E-state index in [1.165, 1.54) is 0 Å². The maximum atomic E-state index is 12.1. The second kappa shape index (κ2) is 4.72. The summed E-state index contributed by atoms with van der Waals surface area (Å²) >= 11 is 0. The van der Waals surface area contributed by atoms with Crippen LogP contribution in [0, 0.1) is 0 Å². The number of aromatic nitrogens is 1. The van der Waals surface area contributed by atoms with Crippen LogP contribution in [0.5, 0.6) is 5.75 Å². The van der Waals surface area contributed by atoms with Crippen molar-refractivity contribution >= 4 is 28.9 Å². The molecule has 0 atom stereocenters. The van der Waals surface area contributed by atoms with Crippen LogP contribution in [-0.4, -0.2) is 30.4 Å². The number of hydrogen-bond donors (Lipinski definition) is 1. The Labute approximate surface area is 109 Å². The summed E-state index contributed by atoms with van der Waals surface area (Å²) in [5, 5.41) is 7.35. The van der Waals surface area contributed by atoms with Crippen LogP contribution < -0.4 is 10.1 Å². The number of hydrogen-bond acceptors (Lipinski definition) is 5. The number of nitrogens with zero attached hydrogens (tertiary/aromatic N) is 2. The first-order valence-electron chi connectivity index (χ1n) is 6.17. The molecular formula is C13H13N3O3. The van der Waals surface area contributed by atoms with Crippen LogP contribution >= 0.6 is 0 Å². The zero-order valence-corrected chi connectivity index (χ0v) is 10.5. The number of rotatable bonds is 3. The Balaban J connectivity index is 2.11. The van der Waals surface area contributed by atoms with E-state index in [4.69, 9.17) is 9.26 Å². The number of nitrogens with one attached hydrogen (secondary N) is 1. The van der Waals surface area contributed by atoms with Gasteiger partial charge in [-0.2, -0.15) is 0 Å². The summed E-state index contributed by atoms with van der Waals surface area (Å²) in [6.45, 7) is 2.94. The number of carbonyl (C=O) groups excluding carboxylic acids is 1. The minimum atomic E-state index is -0.159. The van der Waals surface area contributed by atoms with E-state index in [9.17, 15) is 4.79 Å². The summed E-state index contributed by atoms with van der Waals surface area (Å²) in [7, 11) is 0. The van der Waals surface area contributed by atoms with Crippen LogP contribution in [0.3, 0.4) is 0 Å². The van der Waals surface area contributed by atoms with E-state index in [1.54, 1.807) is 18.3 Å². The van der Waals surface area contributed by atoms with Crippen molar-refractivity contribution in [2.75, 3.05) is 13.2 Å². The molecule has 6 heteroatoms. The maximum absolute atomic E-state index is 12.1. The highest BCUT2D eigenvalue weighted by Crippen LogP contribution is 2.37. The van der Waals surface area contributed by atoms with Gasteiger partial charge in [-0.3, -0.25) is 4.79 Å². The standard InChI is InChI=1S/C13H13N3O3/c1-2-5-15-13(17)8-3-4-9-10-11(8)18-7-6-14-12(10)16-19-9/h3-4,6H,2,5,7H2,1H3,(H,15,17). The Hall–Kier alpha value is -2.37. The van der Waals surface area contributed by atoms with Gasteiger partial charge < -0.3 is 14.6 Å². The summed E-state index contributed by atoms with van der Waals surface area (Å²) in [6.07, 6.45) is 2.48. The van der Waals surface area contributed by atoms with Crippen LogP contribution in [0.15, 0.2) is 21.6 Å². The molecule has 6 nitrogen and oxygen atoms in total. The summed E-state index contributed by atoms with van der Waals surface area (Å²) in [5.41, 5.74) is 1.05. The van der Waals surface area contributed by atoms with Crippen LogP contribution in [0.1, 0.15) is 23.7 Å². The molecule has 0 saturated heterocycles. The number of benzene rings is 1. The topological polar surface area (TPSA) is 76.7 Å². The molecule has 0 spiro atoms. The number of amides is 1. The van der Waals surface area contributed by atoms with Crippen molar-refractivity contribution in [1.29, 1.82) is 0 Å². The monoisotopic (exact) mass is 259 g/mol. The molecule has 0 bridgehead atoms. The van der Waals surface area contributed by atoms with Crippen molar-refractivity contribution in [3.05, 3.63) is 17.7 Å². The summed E-state index contributed by atoms with van der Waals surface area (Å²) < 4.78 is 10.8. The van der Waals surface area contributed by atoms with Gasteiger partial charge in [0.05, 0.1) is 5.56 Å². The minimum absolute atomic E-state index is 0.159. The molecule has 0 unspecified atom stereocenters. The van der Waals surface area contributed by atoms with Gasteiger partial charge in [0.2, 0.25) is 5.82 Å². The maximum Gasteiger partial charge on any atom is 0.255 e. The summed E-state index contributed by atoms with van der Waals surface area (Å²) in [5.74, 6) is 0.778. The van der Waals surface area contributed by atoms with Gasteiger partial charge in [0.25, 0.3) is 5.91 Å². The molecule has 3 rings (SSSR count). The van der Waals surface area contributed by atoms with Crippen LogP contribution in [0.25, 0.3) is 11.0 Å². The van der Waals surface area contributed by atoms with Crippen LogP contribution in [0.4, 0.5) is 5.82 Å². The zero-order valence-electron chi connectivity index (χ0n) is 10.5. The number of carbonyl (C=O) groups is 1. The molecule has 0 aliphatic carbocycles. The van der Waals surface area contributed by atoms with Gasteiger partial charge >= 0.3 is 0 Å². The SMILES string of the molecule is CCCNC(=O)c1ccc2onc3c2c1OCC=N3. The molecule has 1 amide bonds. The van der Waals surface area contributed by atoms with Crippen LogP contribution in [0.2, 0.25) is 0 Å². The highest BCUT2D eigenvalue weighted by atomic mass is 16.5. The smallest absolute Gasteiger partial charge is 0.255 e. The van der Waals surface area contributed by atoms with Crippen molar-refractivity contribution in [3.63, 3.8) is 0 Å². The van der Waals surface area contributed by atoms with Crippen molar-refractivity contribution in [1.82, 2.24) is 10.5 Å². The second-order valence-corrected chi connectivity index (χ2v) is 4.20. The molecule has 98 valence electrons. The fourth-order valence-electron chi connectivity index (χ4n) is 1.99. The third kappa shape index (κ3) is 1.95. The predicted molar refractivity (Wildman–Crippen MR) is 70.3 cm³/mol. The van der Waals surface area contributed by atoms with E-state index >= 15 is 0 Å². The molecule has 1 N–H and O–H groups in total. The van der Waals surface area contributed by atoms with Gasteiger partial charge in [-0.25, -0.2) is 4.99 Å². The molecule has 2 aromatic rings. The first-order valence-corrected chi connectivity index (χ1v) is 6.17. The van der Waals surface area contributed by atoms with Gasteiger partial charge in [-0.15, -0.1) is 0 Å². The zero-order chi connectivity index (χ0) is 13.2. The Morgan fingerprint density at radius 2 is 2.37 bits per heavy atom. The summed E-state index contributed by atoms with van der Waals surface area (Å²) in [6, 6.07) is 3.39. The lowest BCUT2D eigenvalue weighted by molar-refractivity contribution is 0.0950. The van der Waals surface area contributed by atoms with Crippen LogP contribution in [-0.2, 0) is 0 Å². The summed E-state index contributed by atoms with van der Waals surface area (Å²) in [4.78, 5) is 16.3. The van der Waals surface area contributed by atoms with E-state index in [-0.39, 0.29) is 5.91 Å². The lowest BCUT2D eigenvalue weighted by Crippen LogP contribution is -2.24. The molecular weight excluding hydrogens is 246 g/mol.